The van der Waals surface area contributed by atoms with Gasteiger partial charge in [-0.05, 0) is 19.1 Å². The van der Waals surface area contributed by atoms with Crippen molar-refractivity contribution in [2.45, 2.75) is 12.8 Å². The van der Waals surface area contributed by atoms with E-state index >= 15 is 0 Å². The van der Waals surface area contributed by atoms with Crippen LogP contribution in [0.15, 0.2) is 53.4 Å². The number of carbonyl (C=O) groups excluding carboxylic acids is 1. The van der Waals surface area contributed by atoms with Gasteiger partial charge in [0.15, 0.2) is 5.78 Å². The highest BCUT2D eigenvalue weighted by Crippen LogP contribution is 2.49. The molecule has 4 rings (SSSR count). The largest absolute Gasteiger partial charge is 0.439 e. The van der Waals surface area contributed by atoms with Gasteiger partial charge in [-0.25, -0.2) is 0 Å². The van der Waals surface area contributed by atoms with Gasteiger partial charge in [-0.2, -0.15) is 5.26 Å². The minimum absolute atomic E-state index is 0.0757. The van der Waals surface area contributed by atoms with Gasteiger partial charge in [-0.3, -0.25) is 4.79 Å². The molecule has 1 aromatic heterocycles. The molecule has 0 fully saturated rings. The number of nitrogens with zero attached hydrogens (tertiary/aromatic N) is 1. The predicted molar refractivity (Wildman–Crippen MR) is 87.4 cm³/mol. The number of carbonyl (C=O) groups is 1. The number of nitrogens with two attached hydrogens (primary N) is 1. The molecule has 0 amide bonds. The van der Waals surface area contributed by atoms with Gasteiger partial charge in [0.05, 0.1) is 11.5 Å². The summed E-state index contributed by atoms with van der Waals surface area (Å²) in [4.78, 5) is 14.9. The first-order valence-corrected chi connectivity index (χ1v) is 7.95. The SMILES string of the molecule is Cc1ccc([C@H]2C(C#N)=C(N)OC3=C2C(=O)c2ccccc23)s1. The maximum atomic E-state index is 12.9. The van der Waals surface area contributed by atoms with E-state index in [9.17, 15) is 10.1 Å². The molecule has 23 heavy (non-hydrogen) atoms. The average Bonchev–Trinajstić information content (AvgIpc) is 3.09. The predicted octanol–water partition coefficient (Wildman–Crippen LogP) is 3.47. The summed E-state index contributed by atoms with van der Waals surface area (Å²) in [5.41, 5.74) is 8.13. The van der Waals surface area contributed by atoms with E-state index in [1.807, 2.05) is 37.3 Å². The highest BCUT2D eigenvalue weighted by atomic mass is 32.1. The van der Waals surface area contributed by atoms with Gasteiger partial charge in [0.1, 0.15) is 17.4 Å². The molecule has 1 aliphatic heterocycles. The molecule has 0 radical (unpaired) electrons. The van der Waals surface area contributed by atoms with Crippen LogP contribution in [0.2, 0.25) is 0 Å². The Kier molecular flexibility index (Phi) is 2.90. The Labute approximate surface area is 137 Å². The van der Waals surface area contributed by atoms with Crippen LogP contribution in [0.5, 0.6) is 0 Å². The number of benzene rings is 1. The first kappa shape index (κ1) is 13.8. The molecular weight excluding hydrogens is 308 g/mol. The zero-order valence-electron chi connectivity index (χ0n) is 12.3. The minimum atomic E-state index is -0.456. The van der Waals surface area contributed by atoms with Crippen molar-refractivity contribution in [3.8, 4) is 6.07 Å². The fourth-order valence-corrected chi connectivity index (χ4v) is 4.11. The smallest absolute Gasteiger partial charge is 0.205 e. The minimum Gasteiger partial charge on any atom is -0.439 e. The van der Waals surface area contributed by atoms with Crippen molar-refractivity contribution in [1.82, 2.24) is 0 Å². The second-order valence-corrected chi connectivity index (χ2v) is 6.81. The van der Waals surface area contributed by atoms with Crippen LogP contribution in [0.4, 0.5) is 0 Å². The molecule has 4 nitrogen and oxygen atoms in total. The fraction of sp³-hybridized carbons (Fsp3) is 0.111. The van der Waals surface area contributed by atoms with Gasteiger partial charge in [0, 0.05) is 20.9 Å². The number of allylic oxidation sites excluding steroid dienone is 2. The van der Waals surface area contributed by atoms with E-state index in [1.165, 1.54) is 0 Å². The van der Waals surface area contributed by atoms with Crippen molar-refractivity contribution in [2.24, 2.45) is 5.73 Å². The first-order chi connectivity index (χ1) is 11.1. The second kappa shape index (κ2) is 4.83. The molecule has 2 aliphatic rings. The molecule has 2 heterocycles. The normalized spacial score (nSPS) is 19.3. The third kappa shape index (κ3) is 1.85. The average molecular weight is 320 g/mol. The summed E-state index contributed by atoms with van der Waals surface area (Å²) in [7, 11) is 0. The van der Waals surface area contributed by atoms with E-state index in [-0.39, 0.29) is 11.7 Å². The van der Waals surface area contributed by atoms with E-state index in [2.05, 4.69) is 6.07 Å². The number of rotatable bonds is 1. The molecule has 1 aromatic carbocycles. The van der Waals surface area contributed by atoms with Crippen molar-refractivity contribution in [3.05, 3.63) is 74.3 Å². The molecule has 0 spiro atoms. The van der Waals surface area contributed by atoms with E-state index in [1.54, 1.807) is 17.4 Å². The zero-order valence-corrected chi connectivity index (χ0v) is 13.1. The number of aryl methyl sites for hydroxylation is 1. The number of ether oxygens (including phenoxy) is 1. The number of thiophene rings is 1. The van der Waals surface area contributed by atoms with Crippen molar-refractivity contribution in [3.63, 3.8) is 0 Å². The summed E-state index contributed by atoms with van der Waals surface area (Å²) in [5, 5.41) is 9.53. The second-order valence-electron chi connectivity index (χ2n) is 5.49. The summed E-state index contributed by atoms with van der Waals surface area (Å²) in [5.74, 6) is 0.0132. The maximum absolute atomic E-state index is 12.9. The molecule has 2 N–H and O–H groups in total. The number of nitriles is 1. The lowest BCUT2D eigenvalue weighted by molar-refractivity contribution is 0.103. The molecule has 112 valence electrons. The number of Topliss-reactive ketones (excluding diaryl/α,β-unsaturated/α-hetero) is 1. The Balaban J connectivity index is 1.97. The molecule has 0 unspecified atom stereocenters. The van der Waals surface area contributed by atoms with Crippen LogP contribution >= 0.6 is 11.3 Å². The Morgan fingerprint density at radius 2 is 1.96 bits per heavy atom. The lowest BCUT2D eigenvalue weighted by atomic mass is 9.86. The number of hydrogen-bond donors (Lipinski definition) is 1. The highest BCUT2D eigenvalue weighted by molar-refractivity contribution is 7.12. The van der Waals surface area contributed by atoms with E-state index in [0.29, 0.717) is 22.5 Å². The summed E-state index contributed by atoms with van der Waals surface area (Å²) in [6.45, 7) is 1.99. The van der Waals surface area contributed by atoms with Crippen LogP contribution in [0, 0.1) is 18.3 Å². The zero-order chi connectivity index (χ0) is 16.1. The first-order valence-electron chi connectivity index (χ1n) is 7.14. The molecule has 5 heteroatoms. The molecule has 0 saturated carbocycles. The molecule has 1 atom stereocenters. The van der Waals surface area contributed by atoms with E-state index in [0.717, 1.165) is 15.3 Å². The van der Waals surface area contributed by atoms with Crippen molar-refractivity contribution >= 4 is 22.9 Å². The summed E-state index contributed by atoms with van der Waals surface area (Å²) >= 11 is 1.56. The van der Waals surface area contributed by atoms with Crippen LogP contribution in [-0.4, -0.2) is 5.78 Å². The Morgan fingerprint density at radius 1 is 1.22 bits per heavy atom. The number of ketones is 1. The summed E-state index contributed by atoms with van der Waals surface area (Å²) in [6, 6.07) is 13.3. The lowest BCUT2D eigenvalue weighted by Crippen LogP contribution is -2.20. The van der Waals surface area contributed by atoms with Crippen molar-refractivity contribution in [2.75, 3.05) is 0 Å². The van der Waals surface area contributed by atoms with Gasteiger partial charge in [0.2, 0.25) is 5.88 Å². The van der Waals surface area contributed by atoms with Crippen LogP contribution in [-0.2, 0) is 4.74 Å². The molecule has 2 aromatic rings. The Bertz CT molecular complexity index is 959. The standard InChI is InChI=1S/C18H12N2O2S/c1-9-6-7-13(23-9)14-12(8-19)18(20)22-17-11-5-3-2-4-10(11)16(21)15(14)17/h2-7,14H,20H2,1H3/t14-/m1/s1. The van der Waals surface area contributed by atoms with Gasteiger partial charge < -0.3 is 10.5 Å². The molecule has 1 aliphatic carbocycles. The topological polar surface area (TPSA) is 76.1 Å². The Morgan fingerprint density at radius 3 is 2.61 bits per heavy atom. The van der Waals surface area contributed by atoms with Crippen molar-refractivity contribution in [1.29, 1.82) is 5.26 Å². The summed E-state index contributed by atoms with van der Waals surface area (Å²) in [6.07, 6.45) is 0. The van der Waals surface area contributed by atoms with Crippen LogP contribution in [0.3, 0.4) is 0 Å². The third-order valence-electron chi connectivity index (χ3n) is 4.13. The summed E-state index contributed by atoms with van der Waals surface area (Å²) < 4.78 is 5.67. The Hall–Kier alpha value is -2.84. The lowest BCUT2D eigenvalue weighted by Gasteiger charge is -2.24. The van der Waals surface area contributed by atoms with Crippen LogP contribution in [0.1, 0.15) is 31.6 Å². The van der Waals surface area contributed by atoms with E-state index in [4.69, 9.17) is 10.5 Å². The molecule has 0 saturated heterocycles. The van der Waals surface area contributed by atoms with Crippen molar-refractivity contribution < 1.29 is 9.53 Å². The maximum Gasteiger partial charge on any atom is 0.205 e. The monoisotopic (exact) mass is 320 g/mol. The number of hydrogen-bond acceptors (Lipinski definition) is 5. The fourth-order valence-electron chi connectivity index (χ4n) is 3.11. The molecule has 0 bridgehead atoms. The van der Waals surface area contributed by atoms with Crippen LogP contribution in [0.25, 0.3) is 5.76 Å². The number of fused-ring (bicyclic) bond motifs is 2. The van der Waals surface area contributed by atoms with Gasteiger partial charge >= 0.3 is 0 Å². The van der Waals surface area contributed by atoms with Gasteiger partial charge in [-0.1, -0.05) is 24.3 Å². The third-order valence-corrected chi connectivity index (χ3v) is 5.19. The van der Waals surface area contributed by atoms with Gasteiger partial charge in [0.25, 0.3) is 0 Å². The quantitative estimate of drug-likeness (QED) is 0.873. The van der Waals surface area contributed by atoms with Crippen LogP contribution < -0.4 is 5.73 Å². The highest BCUT2D eigenvalue weighted by Gasteiger charge is 2.43. The molecular formula is C18H12N2O2S. The van der Waals surface area contributed by atoms with E-state index < -0.39 is 5.92 Å². The van der Waals surface area contributed by atoms with Gasteiger partial charge in [-0.15, -0.1) is 11.3 Å².